The fourth-order valence-corrected chi connectivity index (χ4v) is 4.04. The Morgan fingerprint density at radius 1 is 0.750 bits per heavy atom. The lowest BCUT2D eigenvalue weighted by Gasteiger charge is -2.13. The third kappa shape index (κ3) is 3.67. The van der Waals surface area contributed by atoms with Crippen molar-refractivity contribution in [2.45, 2.75) is 17.7 Å². The van der Waals surface area contributed by atoms with Gasteiger partial charge in [-0.2, -0.15) is 13.2 Å². The normalized spacial score (nSPS) is 13.1. The average molecular weight is 348 g/mol. The SMILES string of the molecule is O=[S@](Cc1ccccc1C(F)(F)F)Cc1cccc2ccccc12. The van der Waals surface area contributed by atoms with E-state index in [0.29, 0.717) is 0 Å². The lowest BCUT2D eigenvalue weighted by atomic mass is 10.1. The van der Waals surface area contributed by atoms with Crippen LogP contribution < -0.4 is 0 Å². The van der Waals surface area contributed by atoms with Crippen LogP contribution in [0.3, 0.4) is 0 Å². The topological polar surface area (TPSA) is 17.1 Å². The molecule has 0 aliphatic carbocycles. The zero-order valence-corrected chi connectivity index (χ0v) is 13.5. The molecule has 0 saturated heterocycles. The predicted octanol–water partition coefficient (Wildman–Crippen LogP) is 5.31. The number of rotatable bonds is 4. The van der Waals surface area contributed by atoms with Gasteiger partial charge in [-0.15, -0.1) is 0 Å². The van der Waals surface area contributed by atoms with Gasteiger partial charge in [-0.3, -0.25) is 4.21 Å². The molecule has 0 amide bonds. The van der Waals surface area contributed by atoms with E-state index in [1.807, 2.05) is 42.5 Å². The summed E-state index contributed by atoms with van der Waals surface area (Å²) < 4.78 is 51.6. The van der Waals surface area contributed by atoms with Crippen LogP contribution in [0.4, 0.5) is 13.2 Å². The minimum absolute atomic E-state index is 0.0728. The molecule has 0 unspecified atom stereocenters. The maximum absolute atomic E-state index is 13.0. The minimum atomic E-state index is -4.43. The van der Waals surface area contributed by atoms with Crippen LogP contribution in [-0.4, -0.2) is 4.21 Å². The second-order valence-corrected chi connectivity index (χ2v) is 6.98. The molecule has 0 fully saturated rings. The summed E-state index contributed by atoms with van der Waals surface area (Å²) >= 11 is 0. The number of hydrogen-bond donors (Lipinski definition) is 0. The van der Waals surface area contributed by atoms with E-state index in [9.17, 15) is 17.4 Å². The van der Waals surface area contributed by atoms with Gasteiger partial charge in [-0.1, -0.05) is 60.7 Å². The van der Waals surface area contributed by atoms with Gasteiger partial charge in [0, 0.05) is 22.3 Å². The number of fused-ring (bicyclic) bond motifs is 1. The van der Waals surface area contributed by atoms with E-state index in [-0.39, 0.29) is 17.1 Å². The fourth-order valence-electron chi connectivity index (χ4n) is 2.74. The molecule has 124 valence electrons. The molecule has 3 rings (SSSR count). The van der Waals surface area contributed by atoms with E-state index >= 15 is 0 Å². The first-order valence-electron chi connectivity index (χ1n) is 7.42. The molecule has 0 bridgehead atoms. The van der Waals surface area contributed by atoms with E-state index in [0.717, 1.165) is 22.4 Å². The van der Waals surface area contributed by atoms with Crippen LogP contribution in [0, 0.1) is 0 Å². The maximum Gasteiger partial charge on any atom is 0.416 e. The van der Waals surface area contributed by atoms with Crippen molar-refractivity contribution in [3.05, 3.63) is 83.4 Å². The number of hydrogen-bond acceptors (Lipinski definition) is 1. The highest BCUT2D eigenvalue weighted by Crippen LogP contribution is 2.32. The molecule has 0 aromatic heterocycles. The summed E-state index contributed by atoms with van der Waals surface area (Å²) in [6.45, 7) is 0. The summed E-state index contributed by atoms with van der Waals surface area (Å²) in [5, 5.41) is 2.01. The molecule has 3 aromatic rings. The van der Waals surface area contributed by atoms with Crippen molar-refractivity contribution in [1.82, 2.24) is 0 Å². The molecular formula is C19H15F3OS. The first-order chi connectivity index (χ1) is 11.4. The Morgan fingerprint density at radius 3 is 2.12 bits per heavy atom. The molecule has 0 aliphatic rings. The summed E-state index contributed by atoms with van der Waals surface area (Å²) in [5.41, 5.74) is 0.246. The van der Waals surface area contributed by atoms with Crippen molar-refractivity contribution in [1.29, 1.82) is 0 Å². The highest BCUT2D eigenvalue weighted by atomic mass is 32.2. The molecule has 5 heteroatoms. The second kappa shape index (κ2) is 6.77. The van der Waals surface area contributed by atoms with Crippen LogP contribution >= 0.6 is 0 Å². The number of halogens is 3. The van der Waals surface area contributed by atoms with Gasteiger partial charge in [-0.25, -0.2) is 0 Å². The predicted molar refractivity (Wildman–Crippen MR) is 90.9 cm³/mol. The van der Waals surface area contributed by atoms with E-state index in [1.54, 1.807) is 6.07 Å². The second-order valence-electron chi connectivity index (χ2n) is 5.52. The first-order valence-corrected chi connectivity index (χ1v) is 8.90. The van der Waals surface area contributed by atoms with Gasteiger partial charge in [0.2, 0.25) is 0 Å². The fraction of sp³-hybridized carbons (Fsp3) is 0.158. The zero-order chi connectivity index (χ0) is 17.2. The molecule has 3 aromatic carbocycles. The Bertz CT molecular complexity index is 882. The lowest BCUT2D eigenvalue weighted by Crippen LogP contribution is -2.11. The first kappa shape index (κ1) is 16.7. The van der Waals surface area contributed by atoms with Crippen molar-refractivity contribution in [2.24, 2.45) is 0 Å². The standard InChI is InChI=1S/C19H15F3OS/c20-19(21,22)18-11-4-2-7-16(18)13-24(23)12-15-9-5-8-14-6-1-3-10-17(14)15/h1-11H,12-13H2/t24-/m0/s1. The van der Waals surface area contributed by atoms with Gasteiger partial charge in [0.25, 0.3) is 0 Å². The van der Waals surface area contributed by atoms with Gasteiger partial charge in [0.15, 0.2) is 0 Å². The third-order valence-corrected chi connectivity index (χ3v) is 5.10. The van der Waals surface area contributed by atoms with Gasteiger partial charge in [-0.05, 0) is 28.0 Å². The molecule has 0 spiro atoms. The van der Waals surface area contributed by atoms with Crippen molar-refractivity contribution in [2.75, 3.05) is 0 Å². The molecule has 24 heavy (non-hydrogen) atoms. The molecule has 0 aliphatic heterocycles. The summed E-state index contributed by atoms with van der Waals surface area (Å²) in [6, 6.07) is 18.7. The lowest BCUT2D eigenvalue weighted by molar-refractivity contribution is -0.138. The van der Waals surface area contributed by atoms with Crippen LogP contribution in [0.15, 0.2) is 66.7 Å². The molecule has 0 N–H and O–H groups in total. The maximum atomic E-state index is 13.0. The Balaban J connectivity index is 1.84. The monoisotopic (exact) mass is 348 g/mol. The summed E-state index contributed by atoms with van der Waals surface area (Å²) in [4.78, 5) is 0. The van der Waals surface area contributed by atoms with Crippen molar-refractivity contribution >= 4 is 21.6 Å². The smallest absolute Gasteiger partial charge is 0.259 e. The van der Waals surface area contributed by atoms with Crippen LogP contribution in [0.1, 0.15) is 16.7 Å². The quantitative estimate of drug-likeness (QED) is 0.625. The van der Waals surface area contributed by atoms with Crippen LogP contribution in [0.2, 0.25) is 0 Å². The summed E-state index contributed by atoms with van der Waals surface area (Å²) in [5.74, 6) is 0.118. The Morgan fingerprint density at radius 2 is 1.33 bits per heavy atom. The Labute approximate surface area is 140 Å². The molecule has 0 heterocycles. The molecule has 0 radical (unpaired) electrons. The zero-order valence-electron chi connectivity index (χ0n) is 12.7. The van der Waals surface area contributed by atoms with Crippen LogP contribution in [-0.2, 0) is 28.5 Å². The van der Waals surface area contributed by atoms with Gasteiger partial charge in [0.05, 0.1) is 5.56 Å². The van der Waals surface area contributed by atoms with Crippen molar-refractivity contribution in [3.63, 3.8) is 0 Å². The van der Waals surface area contributed by atoms with Crippen LogP contribution in [0.25, 0.3) is 10.8 Å². The Kier molecular flexibility index (Phi) is 4.71. The minimum Gasteiger partial charge on any atom is -0.259 e. The van der Waals surface area contributed by atoms with Gasteiger partial charge in [0.1, 0.15) is 0 Å². The summed E-state index contributed by atoms with van der Waals surface area (Å²) in [6.07, 6.45) is -4.43. The summed E-state index contributed by atoms with van der Waals surface area (Å²) in [7, 11) is -1.42. The van der Waals surface area contributed by atoms with Crippen molar-refractivity contribution in [3.8, 4) is 0 Å². The van der Waals surface area contributed by atoms with E-state index in [2.05, 4.69) is 0 Å². The van der Waals surface area contributed by atoms with Crippen LogP contribution in [0.5, 0.6) is 0 Å². The van der Waals surface area contributed by atoms with E-state index in [4.69, 9.17) is 0 Å². The van der Waals surface area contributed by atoms with Crippen molar-refractivity contribution < 1.29 is 17.4 Å². The highest BCUT2D eigenvalue weighted by Gasteiger charge is 2.33. The van der Waals surface area contributed by atoms with E-state index < -0.39 is 22.5 Å². The number of benzene rings is 3. The average Bonchev–Trinajstić information content (AvgIpc) is 2.54. The molecule has 1 atom stereocenters. The highest BCUT2D eigenvalue weighted by molar-refractivity contribution is 7.83. The molecule has 1 nitrogen and oxygen atoms in total. The van der Waals surface area contributed by atoms with E-state index in [1.165, 1.54) is 12.1 Å². The molecular weight excluding hydrogens is 333 g/mol. The molecule has 0 saturated carbocycles. The third-order valence-electron chi connectivity index (χ3n) is 3.84. The van der Waals surface area contributed by atoms with Gasteiger partial charge >= 0.3 is 6.18 Å². The Hall–Kier alpha value is -2.14. The van der Waals surface area contributed by atoms with Gasteiger partial charge < -0.3 is 0 Å². The number of alkyl halides is 3. The largest absolute Gasteiger partial charge is 0.416 e.